The molecule has 88 valence electrons. The van der Waals surface area contributed by atoms with E-state index < -0.39 is 0 Å². The van der Waals surface area contributed by atoms with E-state index in [9.17, 15) is 0 Å². The number of benzene rings is 1. The van der Waals surface area contributed by atoms with Crippen molar-refractivity contribution in [3.63, 3.8) is 0 Å². The Bertz CT molecular complexity index is 362. The zero-order valence-corrected chi connectivity index (χ0v) is 11.2. The summed E-state index contributed by atoms with van der Waals surface area (Å²) in [5.41, 5.74) is 4.24. The van der Waals surface area contributed by atoms with E-state index in [2.05, 4.69) is 56.0 Å². The molecule has 1 N–H and O–H groups in total. The maximum atomic E-state index is 3.65. The predicted octanol–water partition coefficient (Wildman–Crippen LogP) is 3.46. The lowest BCUT2D eigenvalue weighted by molar-refractivity contribution is 0.578. The van der Waals surface area contributed by atoms with Gasteiger partial charge in [0.25, 0.3) is 0 Å². The fraction of sp³-hybridized carbons (Fsp3) is 0.571. The minimum absolute atomic E-state index is 0.536. The third-order valence-electron chi connectivity index (χ3n) is 3.42. The molecule has 0 radical (unpaired) electrons. The Labute approximate surface area is 103 Å². The highest BCUT2D eigenvalue weighted by Gasteiger charge is 2.17. The summed E-state index contributed by atoms with van der Waals surface area (Å²) < 4.78 is 0. The topological polar surface area (TPSA) is 12.0 Å². The summed E-state index contributed by atoms with van der Waals surface area (Å²) in [4.78, 5) is 0. The van der Waals surface area contributed by atoms with Gasteiger partial charge >= 0.3 is 0 Å². The molecule has 2 unspecified atom stereocenters. The number of hydrogen-bond donors (Lipinski definition) is 1. The summed E-state index contributed by atoms with van der Waals surface area (Å²) in [6, 6.07) is 7.39. The highest BCUT2D eigenvalue weighted by atomic mass is 32.2. The van der Waals surface area contributed by atoms with Crippen LogP contribution >= 0.6 is 11.8 Å². The van der Waals surface area contributed by atoms with E-state index in [0.29, 0.717) is 6.04 Å². The minimum atomic E-state index is 0.536. The highest BCUT2D eigenvalue weighted by Crippen LogP contribution is 2.26. The lowest BCUT2D eigenvalue weighted by Crippen LogP contribution is -2.22. The molecule has 0 aromatic heterocycles. The Morgan fingerprint density at radius 3 is 2.81 bits per heavy atom. The summed E-state index contributed by atoms with van der Waals surface area (Å²) in [5, 5.41) is 4.45. The molecule has 1 aromatic rings. The quantitative estimate of drug-likeness (QED) is 0.800. The molecule has 2 heteroatoms. The molecular formula is C14H21NS. The maximum Gasteiger partial charge on any atom is 0.0412 e. The van der Waals surface area contributed by atoms with Crippen LogP contribution in [0.4, 0.5) is 0 Å². The molecule has 1 heterocycles. The molecule has 16 heavy (non-hydrogen) atoms. The third-order valence-corrected chi connectivity index (χ3v) is 4.75. The second-order valence-electron chi connectivity index (χ2n) is 4.78. The van der Waals surface area contributed by atoms with Crippen LogP contribution in [0, 0.1) is 13.8 Å². The average molecular weight is 235 g/mol. The normalized spacial score (nSPS) is 26.4. The van der Waals surface area contributed by atoms with Crippen LogP contribution in [0.3, 0.4) is 0 Å². The molecule has 1 saturated heterocycles. The van der Waals surface area contributed by atoms with Gasteiger partial charge < -0.3 is 5.32 Å². The number of nitrogens with one attached hydrogen (secondary N) is 1. The molecule has 0 saturated carbocycles. The van der Waals surface area contributed by atoms with Gasteiger partial charge in [-0.2, -0.15) is 11.8 Å². The van der Waals surface area contributed by atoms with E-state index in [1.165, 1.54) is 28.9 Å². The van der Waals surface area contributed by atoms with Crippen molar-refractivity contribution in [2.75, 3.05) is 12.3 Å². The first-order valence-electron chi connectivity index (χ1n) is 6.09. The summed E-state index contributed by atoms with van der Waals surface area (Å²) in [6.07, 6.45) is 1.28. The van der Waals surface area contributed by atoms with Gasteiger partial charge in [0.2, 0.25) is 0 Å². The summed E-state index contributed by atoms with van der Waals surface area (Å²) in [7, 11) is 0. The molecule has 0 aliphatic carbocycles. The molecule has 0 bridgehead atoms. The van der Waals surface area contributed by atoms with Crippen LogP contribution in [0.1, 0.15) is 36.1 Å². The number of rotatable bonds is 1. The number of hydrogen-bond acceptors (Lipinski definition) is 2. The van der Waals surface area contributed by atoms with Crippen molar-refractivity contribution in [1.82, 2.24) is 5.32 Å². The molecule has 1 aliphatic rings. The molecule has 1 fully saturated rings. The van der Waals surface area contributed by atoms with Crippen molar-refractivity contribution in [2.24, 2.45) is 0 Å². The van der Waals surface area contributed by atoms with Gasteiger partial charge in [-0.3, -0.25) is 0 Å². The maximum absolute atomic E-state index is 3.65. The number of aryl methyl sites for hydroxylation is 2. The van der Waals surface area contributed by atoms with Crippen LogP contribution in [-0.4, -0.2) is 17.5 Å². The molecule has 0 spiro atoms. The van der Waals surface area contributed by atoms with Crippen molar-refractivity contribution in [1.29, 1.82) is 0 Å². The van der Waals surface area contributed by atoms with Crippen LogP contribution in [-0.2, 0) is 0 Å². The summed E-state index contributed by atoms with van der Waals surface area (Å²) >= 11 is 2.09. The van der Waals surface area contributed by atoms with Crippen LogP contribution < -0.4 is 5.32 Å². The predicted molar refractivity (Wildman–Crippen MR) is 73.2 cm³/mol. The van der Waals surface area contributed by atoms with Crippen molar-refractivity contribution in [3.8, 4) is 0 Å². The van der Waals surface area contributed by atoms with Gasteiger partial charge in [0.05, 0.1) is 0 Å². The molecule has 2 rings (SSSR count). The second-order valence-corrected chi connectivity index (χ2v) is 6.25. The number of thioether (sulfide) groups is 1. The van der Waals surface area contributed by atoms with Gasteiger partial charge in [-0.1, -0.05) is 25.1 Å². The standard InChI is InChI=1S/C14H21NS/c1-10-4-5-13(8-11(10)2)14-9-16-12(3)6-7-15-14/h4-5,8,12,14-15H,6-7,9H2,1-3H3. The SMILES string of the molecule is Cc1ccc(C2CSC(C)CCN2)cc1C. The second kappa shape index (κ2) is 5.24. The average Bonchev–Trinajstić information content (AvgIpc) is 2.47. The molecule has 2 atom stereocenters. The minimum Gasteiger partial charge on any atom is -0.309 e. The Morgan fingerprint density at radius 1 is 1.25 bits per heavy atom. The monoisotopic (exact) mass is 235 g/mol. The van der Waals surface area contributed by atoms with E-state index in [-0.39, 0.29) is 0 Å². The lowest BCUT2D eigenvalue weighted by Gasteiger charge is -2.17. The Balaban J connectivity index is 2.13. The van der Waals surface area contributed by atoms with Gasteiger partial charge in [-0.05, 0) is 43.5 Å². The highest BCUT2D eigenvalue weighted by molar-refractivity contribution is 7.99. The van der Waals surface area contributed by atoms with E-state index in [4.69, 9.17) is 0 Å². The van der Waals surface area contributed by atoms with E-state index in [1.807, 2.05) is 0 Å². The Hall–Kier alpha value is -0.470. The molecule has 1 aromatic carbocycles. The van der Waals surface area contributed by atoms with E-state index in [0.717, 1.165) is 11.8 Å². The molecule has 0 amide bonds. The van der Waals surface area contributed by atoms with Crippen LogP contribution in [0.25, 0.3) is 0 Å². The first-order valence-corrected chi connectivity index (χ1v) is 7.14. The van der Waals surface area contributed by atoms with Crippen molar-refractivity contribution < 1.29 is 0 Å². The molecule has 1 aliphatic heterocycles. The van der Waals surface area contributed by atoms with Crippen molar-refractivity contribution >= 4 is 11.8 Å². The molecule has 1 nitrogen and oxygen atoms in total. The molecular weight excluding hydrogens is 214 g/mol. The van der Waals surface area contributed by atoms with Gasteiger partial charge in [0.1, 0.15) is 0 Å². The lowest BCUT2D eigenvalue weighted by atomic mass is 10.0. The van der Waals surface area contributed by atoms with Gasteiger partial charge in [-0.15, -0.1) is 0 Å². The van der Waals surface area contributed by atoms with E-state index >= 15 is 0 Å². The zero-order valence-electron chi connectivity index (χ0n) is 10.4. The van der Waals surface area contributed by atoms with Gasteiger partial charge in [0.15, 0.2) is 0 Å². The van der Waals surface area contributed by atoms with Gasteiger partial charge in [-0.25, -0.2) is 0 Å². The largest absolute Gasteiger partial charge is 0.309 e. The van der Waals surface area contributed by atoms with Crippen LogP contribution in [0.15, 0.2) is 18.2 Å². The fourth-order valence-electron chi connectivity index (χ4n) is 2.06. The third kappa shape index (κ3) is 2.80. The van der Waals surface area contributed by atoms with Crippen molar-refractivity contribution in [2.45, 2.75) is 38.5 Å². The Morgan fingerprint density at radius 2 is 2.06 bits per heavy atom. The summed E-state index contributed by atoms with van der Waals surface area (Å²) in [6.45, 7) is 7.85. The van der Waals surface area contributed by atoms with Crippen molar-refractivity contribution in [3.05, 3.63) is 34.9 Å². The summed E-state index contributed by atoms with van der Waals surface area (Å²) in [5.74, 6) is 1.20. The first-order chi connectivity index (χ1) is 7.66. The smallest absolute Gasteiger partial charge is 0.0412 e. The Kier molecular flexibility index (Phi) is 3.93. The first kappa shape index (κ1) is 12.0. The van der Waals surface area contributed by atoms with Crippen LogP contribution in [0.5, 0.6) is 0 Å². The van der Waals surface area contributed by atoms with Crippen LogP contribution in [0.2, 0.25) is 0 Å². The van der Waals surface area contributed by atoms with E-state index in [1.54, 1.807) is 0 Å². The van der Waals surface area contributed by atoms with Gasteiger partial charge in [0, 0.05) is 17.0 Å². The zero-order chi connectivity index (χ0) is 11.5. The fourth-order valence-corrected chi connectivity index (χ4v) is 3.17.